The molecule has 3 heterocycles. The normalized spacial score (nSPS) is 23.3. The van der Waals surface area contributed by atoms with Gasteiger partial charge in [-0.2, -0.15) is 0 Å². The van der Waals surface area contributed by atoms with Crippen LogP contribution in [0.2, 0.25) is 0 Å². The molecule has 0 radical (unpaired) electrons. The highest BCUT2D eigenvalue weighted by atomic mass is 16.5. The molecule has 0 aliphatic carbocycles. The summed E-state index contributed by atoms with van der Waals surface area (Å²) in [7, 11) is 0. The summed E-state index contributed by atoms with van der Waals surface area (Å²) in [5.41, 5.74) is 1.37. The number of benzene rings is 3. The van der Waals surface area contributed by atoms with Crippen LogP contribution in [0.4, 0.5) is 0 Å². The number of carboxylic acid groups (broad SMARTS) is 3. The molecule has 3 aliphatic rings. The Bertz CT molecular complexity index is 2070. The van der Waals surface area contributed by atoms with E-state index in [1.54, 1.807) is 42.5 Å². The Kier molecular flexibility index (Phi) is 11.8. The van der Waals surface area contributed by atoms with E-state index in [-0.39, 0.29) is 48.6 Å². The monoisotopic (exact) mass is 774 g/mol. The molecule has 1 amide bonds. The first-order valence-electron chi connectivity index (χ1n) is 22.4. The summed E-state index contributed by atoms with van der Waals surface area (Å²) >= 11 is 0. The Hall–Kier alpha value is -4.78. The predicted molar refractivity (Wildman–Crippen MR) is 211 cm³/mol. The molecule has 3 aromatic rings. The number of hydrogen-bond donors (Lipinski definition) is 6. The molecule has 3 saturated heterocycles. The minimum Gasteiger partial charge on any atom is -0.492 e. The summed E-state index contributed by atoms with van der Waals surface area (Å²) in [4.78, 5) is 52.9. The third-order valence-corrected chi connectivity index (χ3v) is 10.9. The highest BCUT2D eigenvalue weighted by Crippen LogP contribution is 2.27. The minimum atomic E-state index is -2.25. The highest BCUT2D eigenvalue weighted by Gasteiger charge is 2.33. The Morgan fingerprint density at radius 3 is 1.54 bits per heavy atom. The molecular weight excluding hydrogens is 713 g/mol. The van der Waals surface area contributed by atoms with E-state index >= 15 is 0 Å². The fourth-order valence-corrected chi connectivity index (χ4v) is 7.85. The smallest absolute Gasteiger partial charge is 0.307 e. The molecule has 3 aliphatic heterocycles. The number of aliphatic carboxylic acids is 3. The summed E-state index contributed by atoms with van der Waals surface area (Å²) < 4.78 is 59.7. The Labute approximate surface area is 337 Å². The van der Waals surface area contributed by atoms with E-state index in [0.717, 1.165) is 0 Å². The molecule has 0 spiro atoms. The van der Waals surface area contributed by atoms with Crippen LogP contribution in [0.15, 0.2) is 72.8 Å². The van der Waals surface area contributed by atoms with Crippen LogP contribution in [0.5, 0.6) is 5.75 Å². The van der Waals surface area contributed by atoms with Crippen molar-refractivity contribution in [3.8, 4) is 5.75 Å². The molecule has 6 atom stereocenters. The highest BCUT2D eigenvalue weighted by molar-refractivity contribution is 5.79. The zero-order valence-electron chi connectivity index (χ0n) is 37.4. The van der Waals surface area contributed by atoms with Gasteiger partial charge in [0.25, 0.3) is 0 Å². The Balaban J connectivity index is 1.24. The van der Waals surface area contributed by atoms with E-state index in [2.05, 4.69) is 16.0 Å². The van der Waals surface area contributed by atoms with Crippen molar-refractivity contribution in [2.75, 3.05) is 52.4 Å². The molecule has 6 N–H and O–H groups in total. The van der Waals surface area contributed by atoms with Crippen molar-refractivity contribution in [2.24, 2.45) is 35.5 Å². The van der Waals surface area contributed by atoms with Crippen molar-refractivity contribution < 1.29 is 47.5 Å². The average molecular weight is 775 g/mol. The number of carbonyl (C=O) groups is 4. The van der Waals surface area contributed by atoms with Gasteiger partial charge in [0.2, 0.25) is 5.91 Å². The molecular formula is C44H56N4O8. The molecule has 300 valence electrons. The van der Waals surface area contributed by atoms with Gasteiger partial charge in [-0.3, -0.25) is 19.2 Å². The van der Waals surface area contributed by atoms with E-state index in [9.17, 15) is 34.5 Å². The summed E-state index contributed by atoms with van der Waals surface area (Å²) in [5, 5.41) is 39.7. The van der Waals surface area contributed by atoms with Gasteiger partial charge in [0.15, 0.2) is 0 Å². The van der Waals surface area contributed by atoms with Gasteiger partial charge in [0.05, 0.1) is 30.7 Å². The van der Waals surface area contributed by atoms with Crippen LogP contribution < -0.4 is 20.7 Å². The molecule has 12 heteroatoms. The fraction of sp³-hybridized carbons (Fsp3) is 0.500. The van der Waals surface area contributed by atoms with Crippen LogP contribution in [0.1, 0.15) is 55.3 Å². The molecule has 12 nitrogen and oxygen atoms in total. The first kappa shape index (κ1) is 33.4. The lowest BCUT2D eigenvalue weighted by Crippen LogP contribution is -2.35. The van der Waals surface area contributed by atoms with Gasteiger partial charge in [-0.1, -0.05) is 60.7 Å². The van der Waals surface area contributed by atoms with E-state index in [1.807, 2.05) is 0 Å². The van der Waals surface area contributed by atoms with Gasteiger partial charge in [0, 0.05) is 14.8 Å². The number of nitrogens with zero attached hydrogens (tertiary/aromatic N) is 1. The third-order valence-electron chi connectivity index (χ3n) is 10.9. The topological polar surface area (TPSA) is 178 Å². The van der Waals surface area contributed by atoms with Crippen LogP contribution >= 0.6 is 0 Å². The lowest BCUT2D eigenvalue weighted by Gasteiger charge is -2.24. The van der Waals surface area contributed by atoms with Crippen LogP contribution in [0, 0.1) is 35.5 Å². The summed E-state index contributed by atoms with van der Waals surface area (Å²) in [5.74, 6) is -9.06. The quantitative estimate of drug-likeness (QED) is 0.0982. The van der Waals surface area contributed by atoms with Gasteiger partial charge in [-0.05, 0) is 135 Å². The van der Waals surface area contributed by atoms with Crippen LogP contribution in [-0.2, 0) is 51.3 Å². The van der Waals surface area contributed by atoms with Gasteiger partial charge < -0.3 is 40.9 Å². The predicted octanol–water partition coefficient (Wildman–Crippen LogP) is 3.90. The van der Waals surface area contributed by atoms with Crippen molar-refractivity contribution in [1.82, 2.24) is 20.9 Å². The van der Waals surface area contributed by atoms with Crippen molar-refractivity contribution in [3.63, 3.8) is 0 Å². The second kappa shape index (κ2) is 19.9. The number of ether oxygens (including phenoxy) is 1. The Morgan fingerprint density at radius 2 is 1.07 bits per heavy atom. The lowest BCUT2D eigenvalue weighted by atomic mass is 9.86. The zero-order chi connectivity index (χ0) is 44.8. The van der Waals surface area contributed by atoms with Crippen molar-refractivity contribution >= 4 is 23.8 Å². The van der Waals surface area contributed by atoms with Crippen molar-refractivity contribution in [2.45, 2.75) is 51.3 Å². The van der Waals surface area contributed by atoms with E-state index in [1.165, 1.54) is 35.2 Å². The Morgan fingerprint density at radius 1 is 0.643 bits per heavy atom. The van der Waals surface area contributed by atoms with Gasteiger partial charge in [-0.25, -0.2) is 0 Å². The van der Waals surface area contributed by atoms with E-state index < -0.39 is 78.4 Å². The summed E-state index contributed by atoms with van der Waals surface area (Å²) in [6.45, 7) is 2.79. The second-order valence-corrected chi connectivity index (χ2v) is 14.9. The zero-order valence-corrected chi connectivity index (χ0v) is 31.4. The maximum Gasteiger partial charge on any atom is 0.307 e. The number of hydrogen-bond acceptors (Lipinski definition) is 8. The second-order valence-electron chi connectivity index (χ2n) is 14.9. The van der Waals surface area contributed by atoms with E-state index in [4.69, 9.17) is 13.0 Å². The number of nitrogens with one attached hydrogen (secondary N) is 3. The van der Waals surface area contributed by atoms with E-state index in [0.29, 0.717) is 69.7 Å². The van der Waals surface area contributed by atoms with Crippen LogP contribution in [0.25, 0.3) is 0 Å². The molecule has 0 bridgehead atoms. The minimum absolute atomic E-state index is 0.0135. The van der Waals surface area contributed by atoms with Crippen LogP contribution in [0.3, 0.4) is 0 Å². The molecule has 3 aromatic carbocycles. The van der Waals surface area contributed by atoms with Gasteiger partial charge in [-0.15, -0.1) is 0 Å². The molecule has 0 unspecified atom stereocenters. The van der Waals surface area contributed by atoms with Gasteiger partial charge >= 0.3 is 17.9 Å². The molecule has 56 heavy (non-hydrogen) atoms. The maximum atomic E-state index is 14.3. The number of carboxylic acids is 3. The summed E-state index contributed by atoms with van der Waals surface area (Å²) in [6, 6.07) is 18.8. The van der Waals surface area contributed by atoms with Gasteiger partial charge in [0.1, 0.15) is 12.4 Å². The number of amides is 1. The number of carbonyl (C=O) groups excluding carboxylic acids is 1. The van der Waals surface area contributed by atoms with Crippen molar-refractivity contribution in [3.05, 3.63) is 101 Å². The lowest BCUT2D eigenvalue weighted by molar-refractivity contribution is -0.144. The fourth-order valence-electron chi connectivity index (χ4n) is 7.85. The molecule has 6 rings (SSSR count). The SMILES string of the molecule is [2H]C([2H])(c1cccc(CC(=O)N(CCOc2cccc(C([2H])([2H])[C@H](C(=O)O)[C@H]3CCNC3)c2)Cc2cccc(C([2H])([2H])[C@H](C(=O)O)[C@H]3CCNC3)c2)c1)[C@H](C(=O)O)[C@H]1CCNC1. The molecule has 0 aromatic heterocycles. The largest absolute Gasteiger partial charge is 0.492 e. The van der Waals surface area contributed by atoms with Crippen molar-refractivity contribution in [1.29, 1.82) is 0 Å². The summed E-state index contributed by atoms with van der Waals surface area (Å²) in [6.07, 6.45) is -5.37. The standard InChI is InChI=1S/C44H56N4O8/c49-41(24-31-6-1-4-29(18-31)21-38(42(50)51)34-10-13-45-25-34)48(28-33-8-2-5-30(19-33)22-39(43(52)53)35-11-14-46-26-35)16-17-56-37-9-3-7-32(20-37)23-40(44(54)55)36-12-15-47-27-36/h1-9,18-20,34-36,38-40,45-47H,10-17,21-28H2,(H,50,51)(H,52,53)(H,54,55)/t34-,35-,36-,38-,39-,40-/m0/s1/i21D2,22D2,23D2. The molecule has 0 saturated carbocycles. The first-order valence-corrected chi connectivity index (χ1v) is 19.4. The molecule has 3 fully saturated rings. The van der Waals surface area contributed by atoms with Crippen LogP contribution in [-0.4, -0.2) is 96.5 Å². The maximum absolute atomic E-state index is 14.3. The number of rotatable bonds is 20. The third kappa shape index (κ3) is 11.4. The first-order chi connectivity index (χ1) is 29.4. The average Bonchev–Trinajstić information content (AvgIpc) is 4.04.